The van der Waals surface area contributed by atoms with E-state index in [1.807, 2.05) is 4.90 Å². The normalized spacial score (nSPS) is 18.3. The summed E-state index contributed by atoms with van der Waals surface area (Å²) >= 11 is 0. The molecule has 1 saturated heterocycles. The SMILES string of the molecule is NCC1CCN(C(=O)CCc2ccc(OC(F)F)cc2)C1. The minimum Gasteiger partial charge on any atom is -0.435 e. The molecule has 1 amide bonds. The van der Waals surface area contributed by atoms with Crippen LogP contribution >= 0.6 is 0 Å². The van der Waals surface area contributed by atoms with E-state index in [1.54, 1.807) is 12.1 Å². The fourth-order valence-corrected chi connectivity index (χ4v) is 2.50. The van der Waals surface area contributed by atoms with Crippen molar-refractivity contribution in [3.05, 3.63) is 29.8 Å². The van der Waals surface area contributed by atoms with Crippen molar-refractivity contribution in [2.24, 2.45) is 11.7 Å². The Morgan fingerprint density at radius 1 is 1.38 bits per heavy atom. The Hall–Kier alpha value is -1.69. The first-order chi connectivity index (χ1) is 10.1. The zero-order valence-corrected chi connectivity index (χ0v) is 11.8. The highest BCUT2D eigenvalue weighted by molar-refractivity contribution is 5.76. The molecule has 0 saturated carbocycles. The zero-order chi connectivity index (χ0) is 15.2. The predicted molar refractivity (Wildman–Crippen MR) is 75.1 cm³/mol. The molecule has 2 rings (SSSR count). The minimum atomic E-state index is -2.82. The lowest BCUT2D eigenvalue weighted by molar-refractivity contribution is -0.130. The molecule has 1 fully saturated rings. The van der Waals surface area contributed by atoms with Crippen molar-refractivity contribution in [2.45, 2.75) is 25.9 Å². The van der Waals surface area contributed by atoms with Gasteiger partial charge in [0.2, 0.25) is 5.91 Å². The molecule has 1 aromatic carbocycles. The lowest BCUT2D eigenvalue weighted by Gasteiger charge is -2.16. The Morgan fingerprint density at radius 3 is 2.67 bits per heavy atom. The van der Waals surface area contributed by atoms with Crippen molar-refractivity contribution in [2.75, 3.05) is 19.6 Å². The largest absolute Gasteiger partial charge is 0.435 e. The van der Waals surface area contributed by atoms with Crippen LogP contribution in [-0.4, -0.2) is 37.1 Å². The number of nitrogens with zero attached hydrogens (tertiary/aromatic N) is 1. The van der Waals surface area contributed by atoms with Gasteiger partial charge in [-0.05, 0) is 43.0 Å². The van der Waals surface area contributed by atoms with Gasteiger partial charge in [0.15, 0.2) is 0 Å². The van der Waals surface area contributed by atoms with E-state index in [1.165, 1.54) is 12.1 Å². The molecule has 1 heterocycles. The van der Waals surface area contributed by atoms with Crippen LogP contribution in [0.1, 0.15) is 18.4 Å². The fourth-order valence-electron chi connectivity index (χ4n) is 2.50. The van der Waals surface area contributed by atoms with Crippen molar-refractivity contribution >= 4 is 5.91 Å². The zero-order valence-electron chi connectivity index (χ0n) is 11.8. The molecule has 0 aromatic heterocycles. The highest BCUT2D eigenvalue weighted by Gasteiger charge is 2.24. The monoisotopic (exact) mass is 298 g/mol. The van der Waals surface area contributed by atoms with E-state index in [9.17, 15) is 13.6 Å². The summed E-state index contributed by atoms with van der Waals surface area (Å²) in [5, 5.41) is 0. The van der Waals surface area contributed by atoms with Gasteiger partial charge in [-0.2, -0.15) is 8.78 Å². The number of carbonyl (C=O) groups excluding carboxylic acids is 1. The van der Waals surface area contributed by atoms with Gasteiger partial charge in [-0.3, -0.25) is 4.79 Å². The van der Waals surface area contributed by atoms with E-state index in [-0.39, 0.29) is 11.7 Å². The molecule has 1 aliphatic rings. The summed E-state index contributed by atoms with van der Waals surface area (Å²) in [4.78, 5) is 13.9. The van der Waals surface area contributed by atoms with Crippen LogP contribution < -0.4 is 10.5 Å². The van der Waals surface area contributed by atoms with E-state index < -0.39 is 6.61 Å². The van der Waals surface area contributed by atoms with Gasteiger partial charge < -0.3 is 15.4 Å². The third kappa shape index (κ3) is 4.67. The fraction of sp³-hybridized carbons (Fsp3) is 0.533. The molecule has 1 atom stereocenters. The first-order valence-corrected chi connectivity index (χ1v) is 7.10. The number of hydrogen-bond acceptors (Lipinski definition) is 3. The van der Waals surface area contributed by atoms with Gasteiger partial charge >= 0.3 is 6.61 Å². The van der Waals surface area contributed by atoms with Crippen LogP contribution in [-0.2, 0) is 11.2 Å². The van der Waals surface area contributed by atoms with Crippen LogP contribution in [0.25, 0.3) is 0 Å². The molecule has 21 heavy (non-hydrogen) atoms. The second-order valence-electron chi connectivity index (χ2n) is 5.25. The number of rotatable bonds is 6. The van der Waals surface area contributed by atoms with E-state index in [0.717, 1.165) is 25.1 Å². The Kier molecular flexibility index (Phi) is 5.50. The number of amides is 1. The average Bonchev–Trinajstić information content (AvgIpc) is 2.94. The molecule has 2 N–H and O–H groups in total. The molecule has 0 radical (unpaired) electrons. The van der Waals surface area contributed by atoms with Crippen LogP contribution in [0.3, 0.4) is 0 Å². The van der Waals surface area contributed by atoms with Gasteiger partial charge in [0.05, 0.1) is 0 Å². The minimum absolute atomic E-state index is 0.124. The quantitative estimate of drug-likeness (QED) is 0.874. The number of aryl methyl sites for hydroxylation is 1. The molecular weight excluding hydrogens is 278 g/mol. The van der Waals surface area contributed by atoms with Gasteiger partial charge in [0, 0.05) is 19.5 Å². The maximum Gasteiger partial charge on any atom is 0.387 e. The van der Waals surface area contributed by atoms with Gasteiger partial charge in [-0.25, -0.2) is 0 Å². The molecule has 0 bridgehead atoms. The number of benzene rings is 1. The molecule has 116 valence electrons. The van der Waals surface area contributed by atoms with Gasteiger partial charge in [-0.1, -0.05) is 12.1 Å². The van der Waals surface area contributed by atoms with E-state index in [0.29, 0.717) is 25.3 Å². The highest BCUT2D eigenvalue weighted by Crippen LogP contribution is 2.18. The molecule has 4 nitrogen and oxygen atoms in total. The van der Waals surface area contributed by atoms with Crippen molar-refractivity contribution in [3.63, 3.8) is 0 Å². The maximum atomic E-state index is 12.1. The topological polar surface area (TPSA) is 55.6 Å². The second-order valence-corrected chi connectivity index (χ2v) is 5.25. The summed E-state index contributed by atoms with van der Waals surface area (Å²) in [5.74, 6) is 0.670. The predicted octanol–water partition coefficient (Wildman–Crippen LogP) is 2.03. The molecule has 0 aliphatic carbocycles. The number of halogens is 2. The Labute approximate surface area is 122 Å². The summed E-state index contributed by atoms with van der Waals surface area (Å²) in [6.45, 7) is -0.670. The average molecular weight is 298 g/mol. The van der Waals surface area contributed by atoms with E-state index in [2.05, 4.69) is 4.74 Å². The molecule has 1 unspecified atom stereocenters. The number of carbonyl (C=O) groups is 1. The Morgan fingerprint density at radius 2 is 2.10 bits per heavy atom. The summed E-state index contributed by atoms with van der Waals surface area (Å²) in [6.07, 6.45) is 1.99. The smallest absolute Gasteiger partial charge is 0.387 e. The van der Waals surface area contributed by atoms with Crippen LogP contribution in [0.4, 0.5) is 8.78 Å². The number of alkyl halides is 2. The second kappa shape index (κ2) is 7.36. The van der Waals surface area contributed by atoms with E-state index in [4.69, 9.17) is 5.73 Å². The molecule has 1 aliphatic heterocycles. The molecular formula is C15H20F2N2O2. The summed E-state index contributed by atoms with van der Waals surface area (Å²) in [5.41, 5.74) is 6.54. The lowest BCUT2D eigenvalue weighted by Crippen LogP contribution is -2.29. The van der Waals surface area contributed by atoms with E-state index >= 15 is 0 Å². The van der Waals surface area contributed by atoms with Crippen molar-refractivity contribution in [1.29, 1.82) is 0 Å². The first kappa shape index (κ1) is 15.7. The third-order valence-electron chi connectivity index (χ3n) is 3.75. The number of likely N-dealkylation sites (tertiary alicyclic amines) is 1. The molecule has 1 aromatic rings. The highest BCUT2D eigenvalue weighted by atomic mass is 19.3. The number of ether oxygens (including phenoxy) is 1. The van der Waals surface area contributed by atoms with Crippen LogP contribution in [0, 0.1) is 5.92 Å². The lowest BCUT2D eigenvalue weighted by atomic mass is 10.1. The van der Waals surface area contributed by atoms with Crippen LogP contribution in [0.2, 0.25) is 0 Å². The van der Waals surface area contributed by atoms with Crippen molar-refractivity contribution in [3.8, 4) is 5.75 Å². The number of hydrogen-bond donors (Lipinski definition) is 1. The standard InChI is InChI=1S/C15H20F2N2O2/c16-15(17)21-13-4-1-11(2-5-13)3-6-14(20)19-8-7-12(9-18)10-19/h1-2,4-5,12,15H,3,6-10,18H2. The summed E-state index contributed by atoms with van der Waals surface area (Å²) < 4.78 is 28.3. The van der Waals surface area contributed by atoms with Crippen molar-refractivity contribution in [1.82, 2.24) is 4.90 Å². The third-order valence-corrected chi connectivity index (χ3v) is 3.75. The van der Waals surface area contributed by atoms with Gasteiger partial charge in [0.1, 0.15) is 5.75 Å². The molecule has 0 spiro atoms. The van der Waals surface area contributed by atoms with Gasteiger partial charge in [0.25, 0.3) is 0 Å². The molecule has 6 heteroatoms. The van der Waals surface area contributed by atoms with Gasteiger partial charge in [-0.15, -0.1) is 0 Å². The maximum absolute atomic E-state index is 12.1. The summed E-state index contributed by atoms with van der Waals surface area (Å²) in [6, 6.07) is 6.40. The van der Waals surface area contributed by atoms with Crippen molar-refractivity contribution < 1.29 is 18.3 Å². The first-order valence-electron chi connectivity index (χ1n) is 7.10. The Bertz CT molecular complexity index is 465. The number of nitrogens with two attached hydrogens (primary N) is 1. The summed E-state index contributed by atoms with van der Waals surface area (Å²) in [7, 11) is 0. The van der Waals surface area contributed by atoms with Crippen LogP contribution in [0.5, 0.6) is 5.75 Å². The van der Waals surface area contributed by atoms with Crippen LogP contribution in [0.15, 0.2) is 24.3 Å². The Balaban J connectivity index is 1.79.